The Balaban J connectivity index is 1.48. The molecule has 1 aromatic rings. The fraction of sp³-hybridized carbons (Fsp3) is 0.758. The van der Waals surface area contributed by atoms with Gasteiger partial charge >= 0.3 is 11.9 Å². The molecule has 0 amide bonds. The van der Waals surface area contributed by atoms with Crippen LogP contribution in [0.25, 0.3) is 0 Å². The Morgan fingerprint density at radius 1 is 1.00 bits per heavy atom. The van der Waals surface area contributed by atoms with Gasteiger partial charge in [-0.1, -0.05) is 18.2 Å². The van der Waals surface area contributed by atoms with Crippen molar-refractivity contribution in [2.24, 2.45) is 34.5 Å². The smallest absolute Gasteiger partial charge is 0.338 e. The van der Waals surface area contributed by atoms with Crippen molar-refractivity contribution in [1.82, 2.24) is 4.90 Å². The number of hydrogen-bond donors (Lipinski definition) is 1. The third kappa shape index (κ3) is 3.51. The first kappa shape index (κ1) is 29.6. The number of esters is 2. The summed E-state index contributed by atoms with van der Waals surface area (Å²) in [6.07, 6.45) is 0.272. The van der Waals surface area contributed by atoms with Crippen LogP contribution in [0.1, 0.15) is 43.0 Å². The number of hydrogen-bond acceptors (Lipinski definition) is 10. The Morgan fingerprint density at radius 3 is 2.35 bits per heavy atom. The van der Waals surface area contributed by atoms with Crippen molar-refractivity contribution >= 4 is 11.9 Å². The van der Waals surface area contributed by atoms with E-state index in [-0.39, 0.29) is 47.8 Å². The minimum absolute atomic E-state index is 0.0201. The number of fused-ring (bicyclic) bond motifs is 2. The summed E-state index contributed by atoms with van der Waals surface area (Å²) in [5.41, 5.74) is -2.88. The van der Waals surface area contributed by atoms with Gasteiger partial charge in [0.15, 0.2) is 0 Å². The molecule has 10 heteroatoms. The summed E-state index contributed by atoms with van der Waals surface area (Å²) in [5.74, 6) is -1.87. The number of likely N-dealkylation sites (tertiary alicyclic amines) is 1. The van der Waals surface area contributed by atoms with E-state index < -0.39 is 46.7 Å². The topological polar surface area (TPSA) is 113 Å². The predicted octanol–water partition coefficient (Wildman–Crippen LogP) is 2.32. The molecule has 10 nitrogen and oxygen atoms in total. The number of methoxy groups -OCH3 is 4. The second-order valence-electron chi connectivity index (χ2n) is 14.1. The first-order valence-electron chi connectivity index (χ1n) is 15.5. The highest BCUT2D eigenvalue weighted by Gasteiger charge is 2.89. The average Bonchev–Trinajstić information content (AvgIpc) is 3.37. The Kier molecular flexibility index (Phi) is 6.86. The Bertz CT molecular complexity index is 1280. The van der Waals surface area contributed by atoms with E-state index in [0.717, 1.165) is 19.4 Å². The molecule has 7 rings (SSSR count). The minimum atomic E-state index is -1.48. The lowest BCUT2D eigenvalue weighted by molar-refractivity contribution is -0.285. The second-order valence-corrected chi connectivity index (χ2v) is 14.1. The van der Waals surface area contributed by atoms with Crippen molar-refractivity contribution in [2.75, 3.05) is 48.6 Å². The van der Waals surface area contributed by atoms with Gasteiger partial charge < -0.3 is 38.4 Å². The molecular formula is C33H45NO9. The number of benzene rings is 1. The zero-order valence-corrected chi connectivity index (χ0v) is 26.0. The highest BCUT2D eigenvalue weighted by atomic mass is 16.6. The SMILES string of the molecule is COC[C@@]12CC[C@H](OC)[C@@]34[C@@H]5C[C@@]6(O)[C@@H](OC)C[C@@](OC(C)=O)([C@H]5[C@H]6OC(=O)c5ccccc5)[C@@H]([C@H](OC)[C@H]13)[C@H]4N(C)C2. The number of carbonyl (C=O) groups is 2. The highest BCUT2D eigenvalue weighted by molar-refractivity contribution is 5.89. The van der Waals surface area contributed by atoms with Crippen LogP contribution in [-0.4, -0.2) is 112 Å². The molecule has 236 valence electrons. The van der Waals surface area contributed by atoms with Gasteiger partial charge in [-0.3, -0.25) is 4.79 Å². The standard InChI is InChI=1S/C33H45NO9/c1-18(35)43-32-15-22(40-5)31(37)14-20(23(32)28(31)42-29(36)19-10-8-7-9-11-19)33-21(39-4)12-13-30(17-38-3)16-34(2)27(33)24(32)25(41-6)26(30)33/h7-11,20-28,37H,12-17H2,1-6H3/t20-,21+,22+,23-,24+,25+,26-,27-,28-,30+,31-,32-,33+/m1/s1. The summed E-state index contributed by atoms with van der Waals surface area (Å²) in [4.78, 5) is 29.2. The van der Waals surface area contributed by atoms with E-state index in [9.17, 15) is 14.7 Å². The van der Waals surface area contributed by atoms with Crippen LogP contribution in [0.2, 0.25) is 0 Å². The summed E-state index contributed by atoms with van der Waals surface area (Å²) in [5, 5.41) is 12.7. The fourth-order valence-corrected chi connectivity index (χ4v) is 12.2. The normalized spacial score (nSPS) is 49.0. The molecule has 7 bridgehead atoms. The van der Waals surface area contributed by atoms with E-state index in [1.165, 1.54) is 6.92 Å². The summed E-state index contributed by atoms with van der Waals surface area (Å²) in [6.45, 7) is 2.82. The molecule has 0 unspecified atom stereocenters. The van der Waals surface area contributed by atoms with Gasteiger partial charge in [0.2, 0.25) is 0 Å². The number of rotatable bonds is 8. The molecule has 5 aliphatic carbocycles. The molecule has 6 aliphatic rings. The van der Waals surface area contributed by atoms with Gasteiger partial charge in [-0.15, -0.1) is 0 Å². The van der Waals surface area contributed by atoms with Crippen LogP contribution in [0, 0.1) is 34.5 Å². The number of aliphatic hydroxyl groups is 1. The van der Waals surface area contributed by atoms with Crippen molar-refractivity contribution in [3.63, 3.8) is 0 Å². The molecule has 5 saturated carbocycles. The van der Waals surface area contributed by atoms with Crippen molar-refractivity contribution in [2.45, 2.75) is 74.3 Å². The van der Waals surface area contributed by atoms with Crippen molar-refractivity contribution in [3.8, 4) is 0 Å². The third-order valence-electron chi connectivity index (χ3n) is 12.7. The molecule has 0 radical (unpaired) electrons. The molecule has 6 fully saturated rings. The summed E-state index contributed by atoms with van der Waals surface area (Å²) in [6, 6.07) is 8.77. The van der Waals surface area contributed by atoms with Gasteiger partial charge in [-0.2, -0.15) is 0 Å². The lowest BCUT2D eigenvalue weighted by Gasteiger charge is -2.69. The van der Waals surface area contributed by atoms with Crippen molar-refractivity contribution in [1.29, 1.82) is 0 Å². The average molecular weight is 600 g/mol. The van der Waals surface area contributed by atoms with Crippen LogP contribution in [0.15, 0.2) is 30.3 Å². The largest absolute Gasteiger partial charge is 0.458 e. The van der Waals surface area contributed by atoms with Crippen LogP contribution in [0.4, 0.5) is 0 Å². The molecule has 1 aromatic carbocycles. The van der Waals surface area contributed by atoms with Gasteiger partial charge in [0, 0.05) is 83.0 Å². The minimum Gasteiger partial charge on any atom is -0.458 e. The number of carbonyl (C=O) groups excluding carboxylic acids is 2. The maximum absolute atomic E-state index is 13.7. The van der Waals surface area contributed by atoms with Gasteiger partial charge in [-0.05, 0) is 44.4 Å². The van der Waals surface area contributed by atoms with E-state index >= 15 is 0 Å². The number of piperidine rings is 1. The van der Waals surface area contributed by atoms with Gasteiger partial charge in [0.05, 0.1) is 30.5 Å². The number of ether oxygens (including phenoxy) is 6. The Labute approximate surface area is 253 Å². The Morgan fingerprint density at radius 2 is 1.72 bits per heavy atom. The van der Waals surface area contributed by atoms with E-state index in [4.69, 9.17) is 28.4 Å². The van der Waals surface area contributed by atoms with E-state index in [0.29, 0.717) is 18.6 Å². The lowest BCUT2D eigenvalue weighted by Crippen LogP contribution is -2.77. The highest BCUT2D eigenvalue weighted by Crippen LogP contribution is 2.80. The van der Waals surface area contributed by atoms with Crippen LogP contribution in [0.5, 0.6) is 0 Å². The van der Waals surface area contributed by atoms with Crippen LogP contribution < -0.4 is 0 Å². The molecule has 1 spiro atoms. The maximum atomic E-state index is 13.7. The molecular weight excluding hydrogens is 554 g/mol. The third-order valence-corrected chi connectivity index (χ3v) is 12.7. The molecule has 1 heterocycles. The molecule has 1 aliphatic heterocycles. The Hall–Kier alpha value is -2.08. The predicted molar refractivity (Wildman–Crippen MR) is 153 cm³/mol. The zero-order chi connectivity index (χ0) is 30.5. The molecule has 1 N–H and O–H groups in total. The second kappa shape index (κ2) is 9.96. The van der Waals surface area contributed by atoms with Gasteiger partial charge in [0.1, 0.15) is 17.3 Å². The first-order chi connectivity index (χ1) is 20.6. The van der Waals surface area contributed by atoms with E-state index in [1.54, 1.807) is 52.7 Å². The summed E-state index contributed by atoms with van der Waals surface area (Å²) >= 11 is 0. The van der Waals surface area contributed by atoms with Crippen LogP contribution >= 0.6 is 0 Å². The zero-order valence-electron chi connectivity index (χ0n) is 26.0. The molecule has 13 atom stereocenters. The van der Waals surface area contributed by atoms with E-state index in [1.807, 2.05) is 6.07 Å². The van der Waals surface area contributed by atoms with Crippen molar-refractivity contribution < 1.29 is 43.1 Å². The molecule has 43 heavy (non-hydrogen) atoms. The molecule has 1 saturated heterocycles. The van der Waals surface area contributed by atoms with E-state index in [2.05, 4.69) is 11.9 Å². The van der Waals surface area contributed by atoms with Crippen LogP contribution in [-0.2, 0) is 33.2 Å². The van der Waals surface area contributed by atoms with Gasteiger partial charge in [-0.25, -0.2) is 4.79 Å². The number of nitrogens with zero attached hydrogens (tertiary/aromatic N) is 1. The maximum Gasteiger partial charge on any atom is 0.338 e. The summed E-state index contributed by atoms with van der Waals surface area (Å²) < 4.78 is 38.0. The first-order valence-corrected chi connectivity index (χ1v) is 15.5. The lowest BCUT2D eigenvalue weighted by atomic mass is 9.43. The molecule has 0 aromatic heterocycles. The quantitative estimate of drug-likeness (QED) is 0.447. The van der Waals surface area contributed by atoms with Crippen LogP contribution in [0.3, 0.4) is 0 Å². The summed E-state index contributed by atoms with van der Waals surface area (Å²) in [7, 11) is 9.01. The monoisotopic (exact) mass is 599 g/mol. The van der Waals surface area contributed by atoms with Crippen molar-refractivity contribution in [3.05, 3.63) is 35.9 Å². The van der Waals surface area contributed by atoms with Gasteiger partial charge in [0.25, 0.3) is 0 Å². The fourth-order valence-electron chi connectivity index (χ4n) is 12.2.